The molecule has 10 heteroatoms. The van der Waals surface area contributed by atoms with Crippen molar-refractivity contribution in [3.63, 3.8) is 0 Å². The molecule has 4 atom stereocenters. The van der Waals surface area contributed by atoms with E-state index in [4.69, 9.17) is 4.74 Å². The SMILES string of the molecule is C=CC(=O)N1CCN(C(CC(C)C)c2ccc([C@H](C)Nc3nccc(N4C(=O)OC[C@@H]4[C@H](C)F)n3)cc2)CC1. The number of benzene rings is 1. The summed E-state index contributed by atoms with van der Waals surface area (Å²) in [4.78, 5) is 38.5. The molecule has 3 heterocycles. The zero-order valence-corrected chi connectivity index (χ0v) is 23.2. The maximum atomic E-state index is 14.0. The summed E-state index contributed by atoms with van der Waals surface area (Å²) in [5, 5.41) is 3.30. The van der Waals surface area contributed by atoms with Gasteiger partial charge in [-0.3, -0.25) is 14.6 Å². The first-order chi connectivity index (χ1) is 18.7. The Labute approximate surface area is 230 Å². The van der Waals surface area contributed by atoms with Gasteiger partial charge < -0.3 is 15.0 Å². The lowest BCUT2D eigenvalue weighted by Crippen LogP contribution is -2.49. The number of hydrogen-bond donors (Lipinski definition) is 1. The number of halogens is 1. The number of hydrogen-bond acceptors (Lipinski definition) is 7. The van der Waals surface area contributed by atoms with Crippen molar-refractivity contribution in [2.75, 3.05) is 43.0 Å². The Kier molecular flexibility index (Phi) is 9.16. The Morgan fingerprint density at radius 2 is 1.79 bits per heavy atom. The van der Waals surface area contributed by atoms with Crippen LogP contribution in [0.3, 0.4) is 0 Å². The highest BCUT2D eigenvalue weighted by Gasteiger charge is 2.39. The number of piperazine rings is 1. The number of nitrogens with one attached hydrogen (secondary N) is 1. The van der Waals surface area contributed by atoms with Gasteiger partial charge in [0.25, 0.3) is 0 Å². The van der Waals surface area contributed by atoms with E-state index in [9.17, 15) is 14.0 Å². The molecule has 2 saturated heterocycles. The average molecular weight is 539 g/mol. The van der Waals surface area contributed by atoms with Crippen LogP contribution in [0.4, 0.5) is 21.0 Å². The molecule has 0 spiro atoms. The molecule has 0 aliphatic carbocycles. The average Bonchev–Trinajstić information content (AvgIpc) is 3.33. The van der Waals surface area contributed by atoms with Crippen LogP contribution < -0.4 is 10.2 Å². The molecule has 2 aromatic rings. The molecule has 9 nitrogen and oxygen atoms in total. The molecule has 210 valence electrons. The maximum Gasteiger partial charge on any atom is 0.416 e. The molecule has 2 aliphatic heterocycles. The van der Waals surface area contributed by atoms with Crippen molar-refractivity contribution in [3.05, 3.63) is 60.3 Å². The van der Waals surface area contributed by atoms with Crippen molar-refractivity contribution in [1.82, 2.24) is 19.8 Å². The number of nitrogens with zero attached hydrogens (tertiary/aromatic N) is 5. The molecule has 1 aromatic carbocycles. The van der Waals surface area contributed by atoms with E-state index in [2.05, 4.69) is 64.9 Å². The lowest BCUT2D eigenvalue weighted by Gasteiger charge is -2.40. The van der Waals surface area contributed by atoms with Crippen molar-refractivity contribution in [2.24, 2.45) is 5.92 Å². The van der Waals surface area contributed by atoms with Crippen LogP contribution in [-0.2, 0) is 9.53 Å². The van der Waals surface area contributed by atoms with Crippen LogP contribution in [0.5, 0.6) is 0 Å². The molecular formula is C29H39FN6O3. The van der Waals surface area contributed by atoms with Gasteiger partial charge in [0.2, 0.25) is 11.9 Å². The Hall–Kier alpha value is -3.53. The van der Waals surface area contributed by atoms with Gasteiger partial charge >= 0.3 is 6.09 Å². The number of carbonyl (C=O) groups is 2. The molecule has 4 rings (SSSR count). The smallest absolute Gasteiger partial charge is 0.416 e. The Balaban J connectivity index is 1.44. The van der Waals surface area contributed by atoms with Crippen LogP contribution in [0.2, 0.25) is 0 Å². The molecule has 0 radical (unpaired) electrons. The molecule has 2 aliphatic rings. The fourth-order valence-electron chi connectivity index (χ4n) is 5.20. The second-order valence-electron chi connectivity index (χ2n) is 10.7. The summed E-state index contributed by atoms with van der Waals surface area (Å²) in [7, 11) is 0. The molecular weight excluding hydrogens is 499 g/mol. The van der Waals surface area contributed by atoms with E-state index < -0.39 is 18.3 Å². The predicted molar refractivity (Wildman–Crippen MR) is 149 cm³/mol. The quantitative estimate of drug-likeness (QED) is 0.437. The van der Waals surface area contributed by atoms with Crippen LogP contribution in [0.1, 0.15) is 57.3 Å². The number of ether oxygens (including phenoxy) is 1. The first kappa shape index (κ1) is 28.5. The topological polar surface area (TPSA) is 90.9 Å². The van der Waals surface area contributed by atoms with E-state index >= 15 is 0 Å². The van der Waals surface area contributed by atoms with Crippen LogP contribution in [0, 0.1) is 5.92 Å². The number of alkyl halides is 1. The number of anilines is 2. The van der Waals surface area contributed by atoms with Crippen molar-refractivity contribution in [2.45, 2.75) is 58.4 Å². The minimum Gasteiger partial charge on any atom is -0.447 e. The molecule has 0 saturated carbocycles. The normalized spacial score (nSPS) is 20.5. The molecule has 2 amide bonds. The lowest BCUT2D eigenvalue weighted by molar-refractivity contribution is -0.128. The number of rotatable bonds is 10. The molecule has 39 heavy (non-hydrogen) atoms. The van der Waals surface area contributed by atoms with Gasteiger partial charge in [-0.1, -0.05) is 44.7 Å². The predicted octanol–water partition coefficient (Wildman–Crippen LogP) is 4.75. The van der Waals surface area contributed by atoms with Gasteiger partial charge in [0, 0.05) is 38.4 Å². The van der Waals surface area contributed by atoms with Gasteiger partial charge in [0.05, 0.1) is 6.04 Å². The van der Waals surface area contributed by atoms with E-state index in [0.717, 1.165) is 25.1 Å². The summed E-state index contributed by atoms with van der Waals surface area (Å²) in [5.74, 6) is 1.17. The molecule has 1 N–H and O–H groups in total. The molecule has 1 unspecified atom stereocenters. The second-order valence-corrected chi connectivity index (χ2v) is 10.7. The highest BCUT2D eigenvalue weighted by molar-refractivity contribution is 5.89. The minimum atomic E-state index is -1.25. The van der Waals surface area contributed by atoms with Gasteiger partial charge in [-0.2, -0.15) is 4.98 Å². The van der Waals surface area contributed by atoms with Gasteiger partial charge in [-0.05, 0) is 49.5 Å². The van der Waals surface area contributed by atoms with Crippen LogP contribution in [0.15, 0.2) is 49.2 Å². The number of carbonyl (C=O) groups excluding carboxylic acids is 2. The number of cyclic esters (lactones) is 1. The Bertz CT molecular complexity index is 1150. The first-order valence-electron chi connectivity index (χ1n) is 13.6. The first-order valence-corrected chi connectivity index (χ1v) is 13.6. The van der Waals surface area contributed by atoms with Crippen LogP contribution >= 0.6 is 0 Å². The molecule has 2 fully saturated rings. The van der Waals surface area contributed by atoms with E-state index in [0.29, 0.717) is 30.8 Å². The zero-order chi connectivity index (χ0) is 28.1. The number of aromatic nitrogens is 2. The summed E-state index contributed by atoms with van der Waals surface area (Å²) in [6, 6.07) is 9.60. The third-order valence-corrected chi connectivity index (χ3v) is 7.43. The summed E-state index contributed by atoms with van der Waals surface area (Å²) < 4.78 is 19.1. The maximum absolute atomic E-state index is 14.0. The van der Waals surface area contributed by atoms with Crippen molar-refractivity contribution >= 4 is 23.8 Å². The summed E-state index contributed by atoms with van der Waals surface area (Å²) in [5.41, 5.74) is 2.31. The van der Waals surface area contributed by atoms with Gasteiger partial charge in [-0.15, -0.1) is 0 Å². The summed E-state index contributed by atoms with van der Waals surface area (Å²) >= 11 is 0. The lowest BCUT2D eigenvalue weighted by atomic mass is 9.93. The fraction of sp³-hybridized carbons (Fsp3) is 0.517. The van der Waals surface area contributed by atoms with Gasteiger partial charge in [0.15, 0.2) is 0 Å². The molecule has 0 bridgehead atoms. The largest absolute Gasteiger partial charge is 0.447 e. The third kappa shape index (κ3) is 6.73. The van der Waals surface area contributed by atoms with E-state index in [1.807, 2.05) is 11.8 Å². The number of amides is 2. The van der Waals surface area contributed by atoms with Crippen molar-refractivity contribution in [1.29, 1.82) is 0 Å². The van der Waals surface area contributed by atoms with E-state index in [1.165, 1.54) is 23.5 Å². The van der Waals surface area contributed by atoms with Gasteiger partial charge in [-0.25, -0.2) is 14.2 Å². The summed E-state index contributed by atoms with van der Waals surface area (Å²) in [6.45, 7) is 14.6. The van der Waals surface area contributed by atoms with Crippen LogP contribution in [0.25, 0.3) is 0 Å². The molecule has 1 aromatic heterocycles. The summed E-state index contributed by atoms with van der Waals surface area (Å²) in [6.07, 6.45) is 2.10. The van der Waals surface area contributed by atoms with Crippen molar-refractivity contribution < 1.29 is 18.7 Å². The van der Waals surface area contributed by atoms with Crippen LogP contribution in [-0.4, -0.2) is 76.8 Å². The third-order valence-electron chi connectivity index (χ3n) is 7.43. The fourth-order valence-corrected chi connectivity index (χ4v) is 5.20. The minimum absolute atomic E-state index is 0.00688. The van der Waals surface area contributed by atoms with E-state index in [1.54, 1.807) is 12.3 Å². The van der Waals surface area contributed by atoms with Gasteiger partial charge in [0.1, 0.15) is 24.6 Å². The van der Waals surface area contributed by atoms with Crippen molar-refractivity contribution in [3.8, 4) is 0 Å². The highest BCUT2D eigenvalue weighted by Crippen LogP contribution is 2.31. The Morgan fingerprint density at radius 1 is 1.13 bits per heavy atom. The standard InChI is InChI=1S/C29H39FN6O3/c1-6-27(37)35-15-13-34(14-16-35)24(17-19(2)3)23-9-7-22(8-10-23)21(5)32-28-31-12-11-26(33-28)36-25(20(4)30)18-39-29(36)38/h6-12,19-21,24-25H,1,13-18H2,2-5H3,(H,31,32,33)/t20-,21-,24?,25+/m0/s1. The highest BCUT2D eigenvalue weighted by atomic mass is 19.1. The monoisotopic (exact) mass is 538 g/mol. The second kappa shape index (κ2) is 12.5. The zero-order valence-electron chi connectivity index (χ0n) is 23.2. The Morgan fingerprint density at radius 3 is 2.41 bits per heavy atom. The van der Waals surface area contributed by atoms with E-state index in [-0.39, 0.29) is 24.6 Å².